The molecule has 1 aromatic heterocycles. The van der Waals surface area contributed by atoms with Gasteiger partial charge in [-0.05, 0) is 79.6 Å². The third-order valence-electron chi connectivity index (χ3n) is 7.26. The van der Waals surface area contributed by atoms with Gasteiger partial charge in [0, 0.05) is 48.7 Å². The normalized spacial score (nSPS) is 16.4. The summed E-state index contributed by atoms with van der Waals surface area (Å²) >= 11 is 0. The van der Waals surface area contributed by atoms with E-state index in [1.807, 2.05) is 32.0 Å². The largest absolute Gasteiger partial charge is 0.481 e. The Hall–Kier alpha value is -3.95. The number of alkyl halides is 3. The van der Waals surface area contributed by atoms with Crippen LogP contribution < -0.4 is 5.32 Å². The number of likely N-dealkylation sites (tertiary alicyclic amines) is 1. The van der Waals surface area contributed by atoms with E-state index in [9.17, 15) is 27.9 Å². The van der Waals surface area contributed by atoms with Crippen molar-refractivity contribution in [2.75, 3.05) is 18.4 Å². The standard InChI is InChI=1S/C30H33F3N4O3/c1-3-20-16-34-27(35-17-20)22-8-11-25(19(2)15-22)26(12-13-30(31,32)33)36-24-9-6-21(7-10-24)28(38)37-14-4-5-23(18-37)29(39)40/h6-11,15-17,23,26,36H,3-5,12-14,18H2,1-2H3,(H,39,40)/t23-,26?/m1/s1. The maximum absolute atomic E-state index is 13.2. The Kier molecular flexibility index (Phi) is 9.07. The van der Waals surface area contributed by atoms with Gasteiger partial charge in [0.1, 0.15) is 0 Å². The third-order valence-corrected chi connectivity index (χ3v) is 7.26. The number of hydrogen-bond donors (Lipinski definition) is 2. The van der Waals surface area contributed by atoms with Crippen LogP contribution in [0.3, 0.4) is 0 Å². The van der Waals surface area contributed by atoms with Crippen molar-refractivity contribution in [2.24, 2.45) is 5.92 Å². The van der Waals surface area contributed by atoms with Crippen LogP contribution >= 0.6 is 0 Å². The van der Waals surface area contributed by atoms with Crippen molar-refractivity contribution in [3.8, 4) is 11.4 Å². The Morgan fingerprint density at radius 1 is 1.12 bits per heavy atom. The molecule has 4 rings (SSSR count). The smallest absolute Gasteiger partial charge is 0.389 e. The molecule has 0 radical (unpaired) electrons. The molecule has 3 aromatic rings. The molecular weight excluding hydrogens is 521 g/mol. The molecule has 212 valence electrons. The van der Waals surface area contributed by atoms with E-state index < -0.39 is 30.5 Å². The fourth-order valence-corrected chi connectivity index (χ4v) is 4.96. The zero-order valence-corrected chi connectivity index (χ0v) is 22.5. The van der Waals surface area contributed by atoms with Crippen LogP contribution in [0.4, 0.5) is 18.9 Å². The van der Waals surface area contributed by atoms with Gasteiger partial charge in [-0.3, -0.25) is 9.59 Å². The quantitative estimate of drug-likeness (QED) is 0.316. The van der Waals surface area contributed by atoms with E-state index in [0.29, 0.717) is 36.5 Å². The fourth-order valence-electron chi connectivity index (χ4n) is 4.96. The molecule has 40 heavy (non-hydrogen) atoms. The highest BCUT2D eigenvalue weighted by Gasteiger charge is 2.30. The molecule has 1 fully saturated rings. The third kappa shape index (κ3) is 7.37. The number of amides is 1. The minimum atomic E-state index is -4.30. The number of anilines is 1. The molecule has 0 spiro atoms. The first-order valence-corrected chi connectivity index (χ1v) is 13.4. The van der Waals surface area contributed by atoms with Crippen LogP contribution in [0, 0.1) is 12.8 Å². The summed E-state index contributed by atoms with van der Waals surface area (Å²) in [5.74, 6) is -1.20. The highest BCUT2D eigenvalue weighted by Crippen LogP contribution is 2.33. The second-order valence-corrected chi connectivity index (χ2v) is 10.2. The summed E-state index contributed by atoms with van der Waals surface area (Å²) < 4.78 is 39.6. The van der Waals surface area contributed by atoms with Crippen LogP contribution in [0.2, 0.25) is 0 Å². The van der Waals surface area contributed by atoms with E-state index in [1.54, 1.807) is 41.6 Å². The van der Waals surface area contributed by atoms with Crippen molar-refractivity contribution >= 4 is 17.6 Å². The van der Waals surface area contributed by atoms with Gasteiger partial charge in [-0.15, -0.1) is 0 Å². The van der Waals surface area contributed by atoms with Gasteiger partial charge >= 0.3 is 12.1 Å². The first-order chi connectivity index (χ1) is 19.0. The van der Waals surface area contributed by atoms with Gasteiger partial charge in [0.25, 0.3) is 5.91 Å². The molecule has 0 aliphatic carbocycles. The molecular formula is C30H33F3N4O3. The van der Waals surface area contributed by atoms with Crippen LogP contribution in [-0.2, 0) is 11.2 Å². The Balaban J connectivity index is 1.52. The number of hydrogen-bond acceptors (Lipinski definition) is 5. The molecule has 2 heterocycles. The topological polar surface area (TPSA) is 95.4 Å². The monoisotopic (exact) mass is 554 g/mol. The van der Waals surface area contributed by atoms with Crippen LogP contribution in [0.5, 0.6) is 0 Å². The summed E-state index contributed by atoms with van der Waals surface area (Å²) in [4.78, 5) is 34.6. The number of aliphatic carboxylic acids is 1. The highest BCUT2D eigenvalue weighted by atomic mass is 19.4. The van der Waals surface area contributed by atoms with Crippen molar-refractivity contribution in [3.05, 3.63) is 77.1 Å². The summed E-state index contributed by atoms with van der Waals surface area (Å²) in [6.07, 6.45) is 0.0922. The number of benzene rings is 2. The van der Waals surface area contributed by atoms with Gasteiger partial charge < -0.3 is 15.3 Å². The van der Waals surface area contributed by atoms with Gasteiger partial charge in [-0.25, -0.2) is 9.97 Å². The van der Waals surface area contributed by atoms with E-state index >= 15 is 0 Å². The molecule has 10 heteroatoms. The molecule has 1 amide bonds. The number of carbonyl (C=O) groups excluding carboxylic acids is 1. The number of aryl methyl sites for hydroxylation is 2. The number of nitrogens with zero attached hydrogens (tertiary/aromatic N) is 3. The lowest BCUT2D eigenvalue weighted by Crippen LogP contribution is -2.42. The zero-order chi connectivity index (χ0) is 28.9. The zero-order valence-electron chi connectivity index (χ0n) is 22.5. The first kappa shape index (κ1) is 29.0. The lowest BCUT2D eigenvalue weighted by atomic mass is 9.95. The van der Waals surface area contributed by atoms with Gasteiger partial charge in [0.15, 0.2) is 5.82 Å². The predicted molar refractivity (Wildman–Crippen MR) is 146 cm³/mol. The SMILES string of the molecule is CCc1cnc(-c2ccc(C(CCC(F)(F)F)Nc3ccc(C(=O)N4CCC[C@@H](C(=O)O)C4)cc3)c(C)c2)nc1. The summed E-state index contributed by atoms with van der Waals surface area (Å²) in [7, 11) is 0. The number of nitrogens with one attached hydrogen (secondary N) is 1. The van der Waals surface area contributed by atoms with Crippen LogP contribution in [0.25, 0.3) is 11.4 Å². The van der Waals surface area contributed by atoms with Gasteiger partial charge in [0.05, 0.1) is 12.0 Å². The van der Waals surface area contributed by atoms with Crippen LogP contribution in [0.15, 0.2) is 54.9 Å². The summed E-state index contributed by atoms with van der Waals surface area (Å²) in [5, 5.41) is 12.5. The second kappa shape index (κ2) is 12.5. The Bertz CT molecular complexity index is 1330. The number of aromatic nitrogens is 2. The molecule has 2 atom stereocenters. The molecule has 2 aromatic carbocycles. The number of piperidine rings is 1. The van der Waals surface area contributed by atoms with Crippen LogP contribution in [-0.4, -0.2) is 51.1 Å². The number of carbonyl (C=O) groups is 2. The minimum absolute atomic E-state index is 0.163. The first-order valence-electron chi connectivity index (χ1n) is 13.4. The average molecular weight is 555 g/mol. The van der Waals surface area contributed by atoms with E-state index in [2.05, 4.69) is 15.3 Å². The molecule has 7 nitrogen and oxygen atoms in total. The fraction of sp³-hybridized carbons (Fsp3) is 0.400. The summed E-state index contributed by atoms with van der Waals surface area (Å²) in [6.45, 7) is 4.52. The number of rotatable bonds is 9. The predicted octanol–water partition coefficient (Wildman–Crippen LogP) is 6.45. The maximum Gasteiger partial charge on any atom is 0.389 e. The van der Waals surface area contributed by atoms with Crippen molar-refractivity contribution in [1.29, 1.82) is 0 Å². The lowest BCUT2D eigenvalue weighted by molar-refractivity contribution is -0.143. The molecule has 1 saturated heterocycles. The molecule has 1 aliphatic heterocycles. The highest BCUT2D eigenvalue weighted by molar-refractivity contribution is 5.95. The summed E-state index contributed by atoms with van der Waals surface area (Å²) in [5.41, 5.74) is 4.31. The van der Waals surface area contributed by atoms with Gasteiger partial charge in [0.2, 0.25) is 0 Å². The second-order valence-electron chi connectivity index (χ2n) is 10.2. The minimum Gasteiger partial charge on any atom is -0.481 e. The summed E-state index contributed by atoms with van der Waals surface area (Å²) in [6, 6.07) is 11.4. The lowest BCUT2D eigenvalue weighted by Gasteiger charge is -2.30. The van der Waals surface area contributed by atoms with Crippen LogP contribution in [0.1, 0.15) is 65.7 Å². The van der Waals surface area contributed by atoms with E-state index in [4.69, 9.17) is 0 Å². The maximum atomic E-state index is 13.2. The van der Waals surface area contributed by atoms with Crippen molar-refractivity contribution < 1.29 is 27.9 Å². The Morgan fingerprint density at radius 2 is 1.82 bits per heavy atom. The van der Waals surface area contributed by atoms with Crippen molar-refractivity contribution in [3.63, 3.8) is 0 Å². The molecule has 1 unspecified atom stereocenters. The average Bonchev–Trinajstić information content (AvgIpc) is 2.95. The molecule has 2 N–H and O–H groups in total. The van der Waals surface area contributed by atoms with Crippen molar-refractivity contribution in [2.45, 2.75) is 58.2 Å². The molecule has 1 aliphatic rings. The number of carboxylic acids is 1. The van der Waals surface area contributed by atoms with E-state index in [0.717, 1.165) is 28.7 Å². The van der Waals surface area contributed by atoms with E-state index in [1.165, 1.54) is 0 Å². The van der Waals surface area contributed by atoms with E-state index in [-0.39, 0.29) is 18.9 Å². The Labute approximate surface area is 231 Å². The van der Waals surface area contributed by atoms with Crippen molar-refractivity contribution in [1.82, 2.24) is 14.9 Å². The van der Waals surface area contributed by atoms with Gasteiger partial charge in [-0.1, -0.05) is 19.1 Å². The number of carboxylic acid groups (broad SMARTS) is 1. The number of halogens is 3. The Morgan fingerprint density at radius 3 is 2.42 bits per heavy atom. The molecule has 0 bridgehead atoms. The molecule has 0 saturated carbocycles. The van der Waals surface area contributed by atoms with Gasteiger partial charge in [-0.2, -0.15) is 13.2 Å².